The standard InChI is InChI=1S/C4H7Cl4Si/c1-2-9(3(5)6)4(7)8/h3-4H,2H2,1H3. The van der Waals surface area contributed by atoms with Crippen LogP contribution in [0, 0.1) is 0 Å². The van der Waals surface area contributed by atoms with E-state index in [4.69, 9.17) is 46.4 Å². The van der Waals surface area contributed by atoms with Crippen molar-refractivity contribution in [2.45, 2.75) is 21.9 Å². The van der Waals surface area contributed by atoms with E-state index in [1.165, 1.54) is 0 Å². The predicted octanol–water partition coefficient (Wildman–Crippen LogP) is 3.19. The van der Waals surface area contributed by atoms with Gasteiger partial charge < -0.3 is 0 Å². The Labute approximate surface area is 77.0 Å². The molecular formula is C4H7Cl4Si. The summed E-state index contributed by atoms with van der Waals surface area (Å²) >= 11 is 22.3. The van der Waals surface area contributed by atoms with E-state index >= 15 is 0 Å². The highest BCUT2D eigenvalue weighted by atomic mass is 35.5. The van der Waals surface area contributed by atoms with Crippen molar-refractivity contribution >= 4 is 55.2 Å². The molecule has 0 aromatic rings. The Morgan fingerprint density at radius 2 is 1.44 bits per heavy atom. The number of halogens is 4. The van der Waals surface area contributed by atoms with E-state index in [2.05, 4.69) is 0 Å². The summed E-state index contributed by atoms with van der Waals surface area (Å²) in [6.07, 6.45) is 0. The molecule has 0 atom stereocenters. The minimum atomic E-state index is -0.956. The van der Waals surface area contributed by atoms with Crippen molar-refractivity contribution in [1.29, 1.82) is 0 Å². The van der Waals surface area contributed by atoms with Gasteiger partial charge in [0.15, 0.2) is 0 Å². The van der Waals surface area contributed by atoms with Gasteiger partial charge in [-0.15, -0.1) is 46.4 Å². The molecular weight excluding hydrogens is 218 g/mol. The van der Waals surface area contributed by atoms with Gasteiger partial charge in [0.05, 0.1) is 8.92 Å². The second kappa shape index (κ2) is 5.08. The van der Waals surface area contributed by atoms with E-state index in [1.54, 1.807) is 0 Å². The van der Waals surface area contributed by atoms with Gasteiger partial charge in [-0.25, -0.2) is 0 Å². The molecule has 0 amide bonds. The van der Waals surface area contributed by atoms with Gasteiger partial charge in [0.1, 0.15) is 8.80 Å². The van der Waals surface area contributed by atoms with Crippen molar-refractivity contribution in [1.82, 2.24) is 0 Å². The van der Waals surface area contributed by atoms with Gasteiger partial charge in [0, 0.05) is 0 Å². The molecule has 0 unspecified atom stereocenters. The van der Waals surface area contributed by atoms with Crippen molar-refractivity contribution in [3.63, 3.8) is 0 Å². The molecule has 0 nitrogen and oxygen atoms in total. The zero-order chi connectivity index (χ0) is 7.44. The van der Waals surface area contributed by atoms with Crippen LogP contribution in [0.3, 0.4) is 0 Å². The Morgan fingerprint density at radius 1 is 1.11 bits per heavy atom. The maximum absolute atomic E-state index is 5.58. The summed E-state index contributed by atoms with van der Waals surface area (Å²) in [6, 6.07) is 0.903. The lowest BCUT2D eigenvalue weighted by molar-refractivity contribution is 1.36. The van der Waals surface area contributed by atoms with E-state index in [-0.39, 0.29) is 8.92 Å². The summed E-state index contributed by atoms with van der Waals surface area (Å²) < 4.78 is -0.722. The van der Waals surface area contributed by atoms with Crippen LogP contribution in [0.15, 0.2) is 0 Å². The first-order chi connectivity index (χ1) is 4.09. The summed E-state index contributed by atoms with van der Waals surface area (Å²) in [7, 11) is -0.956. The second-order valence-electron chi connectivity index (χ2n) is 1.53. The largest absolute Gasteiger partial charge is 0.131 e. The molecule has 0 saturated heterocycles. The summed E-state index contributed by atoms with van der Waals surface area (Å²) in [5.74, 6) is 0. The Bertz CT molecular complexity index is 67.0. The van der Waals surface area contributed by atoms with Crippen LogP contribution in [0.4, 0.5) is 0 Å². The van der Waals surface area contributed by atoms with Crippen LogP contribution in [-0.2, 0) is 0 Å². The molecule has 0 heterocycles. The number of rotatable bonds is 3. The highest BCUT2D eigenvalue weighted by Crippen LogP contribution is 2.19. The molecule has 0 aromatic carbocycles. The fourth-order valence-corrected chi connectivity index (χ4v) is 5.35. The minimum Gasteiger partial charge on any atom is -0.110 e. The third-order valence-corrected chi connectivity index (χ3v) is 6.27. The molecule has 0 aromatic heterocycles. The summed E-state index contributed by atoms with van der Waals surface area (Å²) in [4.78, 5) is 0. The van der Waals surface area contributed by atoms with Crippen LogP contribution >= 0.6 is 46.4 Å². The smallest absolute Gasteiger partial charge is 0.110 e. The van der Waals surface area contributed by atoms with Crippen LogP contribution in [0.2, 0.25) is 6.04 Å². The van der Waals surface area contributed by atoms with Crippen molar-refractivity contribution < 1.29 is 0 Å². The van der Waals surface area contributed by atoms with Crippen LogP contribution in [0.5, 0.6) is 0 Å². The van der Waals surface area contributed by atoms with Gasteiger partial charge in [-0.05, 0) is 0 Å². The fourth-order valence-electron chi connectivity index (χ4n) is 0.404. The Hall–Kier alpha value is 1.38. The van der Waals surface area contributed by atoms with E-state index in [9.17, 15) is 0 Å². The first-order valence-electron chi connectivity index (χ1n) is 2.51. The summed E-state index contributed by atoms with van der Waals surface area (Å²) in [5.41, 5.74) is 0. The van der Waals surface area contributed by atoms with Crippen molar-refractivity contribution in [3.8, 4) is 0 Å². The van der Waals surface area contributed by atoms with E-state index in [1.807, 2.05) is 6.92 Å². The molecule has 0 N–H and O–H groups in total. The van der Waals surface area contributed by atoms with Crippen LogP contribution in [-0.4, -0.2) is 17.7 Å². The normalized spacial score (nSPS) is 12.0. The average Bonchev–Trinajstić information content (AvgIpc) is 1.64. The van der Waals surface area contributed by atoms with Gasteiger partial charge in [-0.3, -0.25) is 0 Å². The Kier molecular flexibility index (Phi) is 5.86. The lowest BCUT2D eigenvalue weighted by Crippen LogP contribution is -2.28. The molecule has 9 heavy (non-hydrogen) atoms. The van der Waals surface area contributed by atoms with E-state index in [0.29, 0.717) is 0 Å². The fraction of sp³-hybridized carbons (Fsp3) is 1.00. The van der Waals surface area contributed by atoms with Gasteiger partial charge in [0.25, 0.3) is 0 Å². The van der Waals surface area contributed by atoms with Crippen molar-refractivity contribution in [2.24, 2.45) is 0 Å². The quantitative estimate of drug-likeness (QED) is 0.511. The van der Waals surface area contributed by atoms with Crippen LogP contribution in [0.25, 0.3) is 0 Å². The molecule has 0 fully saturated rings. The van der Waals surface area contributed by atoms with E-state index in [0.717, 1.165) is 6.04 Å². The lowest BCUT2D eigenvalue weighted by Gasteiger charge is -2.12. The molecule has 0 aliphatic carbocycles. The SMILES string of the molecule is CC[Si](C(Cl)Cl)C(Cl)Cl. The molecule has 0 rings (SSSR count). The molecule has 0 aliphatic heterocycles. The molecule has 5 heteroatoms. The van der Waals surface area contributed by atoms with Crippen LogP contribution in [0.1, 0.15) is 6.92 Å². The Morgan fingerprint density at radius 3 is 1.44 bits per heavy atom. The number of alkyl halides is 4. The van der Waals surface area contributed by atoms with Crippen LogP contribution < -0.4 is 0 Å². The Balaban J connectivity index is 3.68. The third-order valence-electron chi connectivity index (χ3n) is 0.969. The first-order valence-corrected chi connectivity index (χ1v) is 6.12. The highest BCUT2D eigenvalue weighted by Gasteiger charge is 2.24. The predicted molar refractivity (Wildman–Crippen MR) is 47.2 cm³/mol. The van der Waals surface area contributed by atoms with Gasteiger partial charge >= 0.3 is 0 Å². The topological polar surface area (TPSA) is 0 Å². The maximum atomic E-state index is 5.58. The van der Waals surface area contributed by atoms with Gasteiger partial charge in [-0.1, -0.05) is 13.0 Å². The molecule has 0 aliphatic rings. The molecule has 0 bridgehead atoms. The number of hydrogen-bond acceptors (Lipinski definition) is 0. The first kappa shape index (κ1) is 10.4. The zero-order valence-corrected chi connectivity index (χ0v) is 8.90. The van der Waals surface area contributed by atoms with Crippen molar-refractivity contribution in [3.05, 3.63) is 0 Å². The maximum Gasteiger partial charge on any atom is 0.131 e. The van der Waals surface area contributed by atoms with E-state index < -0.39 is 8.80 Å². The number of hydrogen-bond donors (Lipinski definition) is 0. The molecule has 0 saturated carbocycles. The zero-order valence-electron chi connectivity index (χ0n) is 4.87. The summed E-state index contributed by atoms with van der Waals surface area (Å²) in [5, 5.41) is 0. The molecule has 55 valence electrons. The lowest BCUT2D eigenvalue weighted by atomic mass is 11.0. The second-order valence-corrected chi connectivity index (χ2v) is 8.20. The van der Waals surface area contributed by atoms with Crippen molar-refractivity contribution in [2.75, 3.05) is 0 Å². The average molecular weight is 225 g/mol. The van der Waals surface area contributed by atoms with Gasteiger partial charge in [-0.2, -0.15) is 0 Å². The summed E-state index contributed by atoms with van der Waals surface area (Å²) in [6.45, 7) is 1.99. The molecule has 0 spiro atoms. The minimum absolute atomic E-state index is 0.361. The molecule has 1 radical (unpaired) electrons. The highest BCUT2D eigenvalue weighted by molar-refractivity contribution is 6.90. The monoisotopic (exact) mass is 223 g/mol. The van der Waals surface area contributed by atoms with Gasteiger partial charge in [0.2, 0.25) is 0 Å². The third kappa shape index (κ3) is 3.94.